The number of hydrogen-bond donors (Lipinski definition) is 2. The zero-order chi connectivity index (χ0) is 13.4. The molecule has 102 valence electrons. The van der Waals surface area contributed by atoms with Crippen LogP contribution in [0.4, 0.5) is 4.79 Å². The lowest BCUT2D eigenvalue weighted by Crippen LogP contribution is -2.31. The van der Waals surface area contributed by atoms with Crippen molar-refractivity contribution in [1.82, 2.24) is 10.2 Å². The Bertz CT molecular complexity index is 518. The number of nitrogens with one attached hydrogen (secondary N) is 1. The van der Waals surface area contributed by atoms with E-state index in [1.165, 1.54) is 11.1 Å². The number of halogens is 1. The maximum Gasteiger partial charge on any atom is 0.407 e. The lowest BCUT2D eigenvalue weighted by Gasteiger charge is -2.28. The van der Waals surface area contributed by atoms with Crippen LogP contribution < -0.4 is 5.32 Å². The molecule has 0 radical (unpaired) electrons. The Labute approximate surface area is 117 Å². The summed E-state index contributed by atoms with van der Waals surface area (Å²) in [6.07, 6.45) is 1.94. The van der Waals surface area contributed by atoms with Crippen LogP contribution in [-0.2, 0) is 13.0 Å². The molecule has 2 aliphatic heterocycles. The molecule has 1 aromatic rings. The molecule has 1 amide bonds. The van der Waals surface area contributed by atoms with E-state index in [9.17, 15) is 9.90 Å². The van der Waals surface area contributed by atoms with Crippen molar-refractivity contribution < 1.29 is 9.90 Å². The van der Waals surface area contributed by atoms with Crippen molar-refractivity contribution in [2.45, 2.75) is 31.8 Å². The Balaban J connectivity index is 2.04. The molecule has 0 aliphatic carbocycles. The highest BCUT2D eigenvalue weighted by molar-refractivity contribution is 6.30. The number of rotatable bonds is 1. The van der Waals surface area contributed by atoms with Crippen molar-refractivity contribution in [3.8, 4) is 0 Å². The molecule has 2 N–H and O–H groups in total. The topological polar surface area (TPSA) is 52.6 Å². The van der Waals surface area contributed by atoms with Crippen LogP contribution in [0.3, 0.4) is 0 Å². The van der Waals surface area contributed by atoms with Crippen LogP contribution in [0.2, 0.25) is 5.02 Å². The monoisotopic (exact) mass is 280 g/mol. The normalized spacial score (nSPS) is 22.4. The smallest absolute Gasteiger partial charge is 0.407 e. The van der Waals surface area contributed by atoms with Crippen molar-refractivity contribution in [2.24, 2.45) is 0 Å². The Hall–Kier alpha value is -1.26. The summed E-state index contributed by atoms with van der Waals surface area (Å²) in [6, 6.07) is 3.92. The molecule has 0 aromatic heterocycles. The van der Waals surface area contributed by atoms with Gasteiger partial charge in [-0.1, -0.05) is 11.6 Å². The van der Waals surface area contributed by atoms with Gasteiger partial charge in [-0.2, -0.15) is 0 Å². The Morgan fingerprint density at radius 1 is 1.47 bits per heavy atom. The number of carboxylic acid groups (broad SMARTS) is 1. The van der Waals surface area contributed by atoms with Gasteiger partial charge in [-0.3, -0.25) is 0 Å². The van der Waals surface area contributed by atoms with Gasteiger partial charge < -0.3 is 15.3 Å². The third-order valence-corrected chi connectivity index (χ3v) is 4.28. The Kier molecular flexibility index (Phi) is 3.37. The average molecular weight is 281 g/mol. The highest BCUT2D eigenvalue weighted by Crippen LogP contribution is 2.37. The quantitative estimate of drug-likeness (QED) is 0.832. The summed E-state index contributed by atoms with van der Waals surface area (Å²) < 4.78 is 0. The van der Waals surface area contributed by atoms with Crippen LogP contribution in [0.5, 0.6) is 0 Å². The fourth-order valence-corrected chi connectivity index (χ4v) is 3.48. The summed E-state index contributed by atoms with van der Waals surface area (Å²) >= 11 is 6.19. The van der Waals surface area contributed by atoms with Gasteiger partial charge >= 0.3 is 6.09 Å². The van der Waals surface area contributed by atoms with E-state index >= 15 is 0 Å². The predicted octanol–water partition coefficient (Wildman–Crippen LogP) is 2.80. The summed E-state index contributed by atoms with van der Waals surface area (Å²) in [5.41, 5.74) is 3.62. The Morgan fingerprint density at radius 2 is 2.32 bits per heavy atom. The molecule has 3 rings (SSSR count). The zero-order valence-corrected chi connectivity index (χ0v) is 11.4. The number of hydrogen-bond acceptors (Lipinski definition) is 2. The first-order chi connectivity index (χ1) is 9.16. The number of benzene rings is 1. The molecule has 2 aliphatic rings. The van der Waals surface area contributed by atoms with Gasteiger partial charge in [0.05, 0.1) is 6.04 Å². The van der Waals surface area contributed by atoms with Crippen molar-refractivity contribution in [2.75, 3.05) is 13.1 Å². The SMILES string of the molecule is O=C(O)N1CCC[C@H]1c1cc(Cl)cc2c1CCNC2. The van der Waals surface area contributed by atoms with Gasteiger partial charge in [0.2, 0.25) is 0 Å². The summed E-state index contributed by atoms with van der Waals surface area (Å²) in [6.45, 7) is 2.39. The lowest BCUT2D eigenvalue weighted by molar-refractivity contribution is 0.140. The molecule has 0 spiro atoms. The molecular formula is C14H17ClN2O2. The fraction of sp³-hybridized carbons (Fsp3) is 0.500. The maximum atomic E-state index is 11.3. The van der Waals surface area contributed by atoms with Crippen LogP contribution in [0, 0.1) is 0 Å². The second kappa shape index (κ2) is 5.02. The van der Waals surface area contributed by atoms with Crippen LogP contribution in [0.25, 0.3) is 0 Å². The molecule has 0 bridgehead atoms. The van der Waals surface area contributed by atoms with Gasteiger partial charge in [-0.05, 0) is 54.6 Å². The van der Waals surface area contributed by atoms with Crippen LogP contribution in [-0.4, -0.2) is 29.2 Å². The van der Waals surface area contributed by atoms with Gasteiger partial charge in [-0.25, -0.2) is 4.79 Å². The van der Waals surface area contributed by atoms with Crippen molar-refractivity contribution in [3.63, 3.8) is 0 Å². The minimum absolute atomic E-state index is 0.0250. The number of nitrogens with zero attached hydrogens (tertiary/aromatic N) is 1. The van der Waals surface area contributed by atoms with Gasteiger partial charge in [0, 0.05) is 18.1 Å². The molecule has 5 heteroatoms. The van der Waals surface area contributed by atoms with Crippen molar-refractivity contribution >= 4 is 17.7 Å². The molecule has 0 saturated carbocycles. The number of carbonyl (C=O) groups is 1. The summed E-state index contributed by atoms with van der Waals surface area (Å²) in [4.78, 5) is 12.9. The fourth-order valence-electron chi connectivity index (χ4n) is 3.23. The van der Waals surface area contributed by atoms with E-state index in [1.54, 1.807) is 4.90 Å². The molecule has 1 atom stereocenters. The highest BCUT2D eigenvalue weighted by Gasteiger charge is 2.32. The van der Waals surface area contributed by atoms with E-state index in [0.29, 0.717) is 11.6 Å². The highest BCUT2D eigenvalue weighted by atomic mass is 35.5. The van der Waals surface area contributed by atoms with Gasteiger partial charge in [0.15, 0.2) is 0 Å². The Morgan fingerprint density at radius 3 is 3.11 bits per heavy atom. The molecule has 1 fully saturated rings. The van der Waals surface area contributed by atoms with E-state index in [0.717, 1.165) is 37.9 Å². The summed E-state index contributed by atoms with van der Waals surface area (Å²) in [7, 11) is 0. The van der Waals surface area contributed by atoms with E-state index in [4.69, 9.17) is 11.6 Å². The molecule has 1 aromatic carbocycles. The second-order valence-electron chi connectivity index (χ2n) is 5.19. The van der Waals surface area contributed by atoms with E-state index < -0.39 is 6.09 Å². The first kappa shape index (κ1) is 12.8. The van der Waals surface area contributed by atoms with Crippen LogP contribution in [0.1, 0.15) is 35.6 Å². The van der Waals surface area contributed by atoms with E-state index in [2.05, 4.69) is 5.32 Å². The number of likely N-dealkylation sites (tertiary alicyclic amines) is 1. The molecule has 0 unspecified atom stereocenters. The van der Waals surface area contributed by atoms with Gasteiger partial charge in [-0.15, -0.1) is 0 Å². The summed E-state index contributed by atoms with van der Waals surface area (Å²) in [5.74, 6) is 0. The molecule has 4 nitrogen and oxygen atoms in total. The maximum absolute atomic E-state index is 11.3. The molecule has 2 heterocycles. The standard InChI is InChI=1S/C14H17ClN2O2/c15-10-6-9-8-16-4-3-11(9)12(7-10)13-2-1-5-17(13)14(18)19/h6-7,13,16H,1-5,8H2,(H,18,19)/t13-/m0/s1. The largest absolute Gasteiger partial charge is 0.465 e. The third-order valence-electron chi connectivity index (χ3n) is 4.07. The van der Waals surface area contributed by atoms with E-state index in [1.807, 2.05) is 12.1 Å². The summed E-state index contributed by atoms with van der Waals surface area (Å²) in [5, 5.41) is 13.3. The minimum atomic E-state index is -0.829. The minimum Gasteiger partial charge on any atom is -0.465 e. The van der Waals surface area contributed by atoms with Crippen LogP contribution in [0.15, 0.2) is 12.1 Å². The van der Waals surface area contributed by atoms with E-state index in [-0.39, 0.29) is 6.04 Å². The number of fused-ring (bicyclic) bond motifs is 1. The van der Waals surface area contributed by atoms with Gasteiger partial charge in [0.1, 0.15) is 0 Å². The second-order valence-corrected chi connectivity index (χ2v) is 5.63. The molecular weight excluding hydrogens is 264 g/mol. The lowest BCUT2D eigenvalue weighted by atomic mass is 9.90. The predicted molar refractivity (Wildman–Crippen MR) is 73.6 cm³/mol. The molecule has 1 saturated heterocycles. The number of amides is 1. The third kappa shape index (κ3) is 2.30. The molecule has 19 heavy (non-hydrogen) atoms. The first-order valence-corrected chi connectivity index (χ1v) is 7.06. The zero-order valence-electron chi connectivity index (χ0n) is 10.7. The van der Waals surface area contributed by atoms with Crippen molar-refractivity contribution in [3.05, 3.63) is 33.8 Å². The van der Waals surface area contributed by atoms with Gasteiger partial charge in [0.25, 0.3) is 0 Å². The first-order valence-electron chi connectivity index (χ1n) is 6.68. The van der Waals surface area contributed by atoms with Crippen LogP contribution >= 0.6 is 11.6 Å². The van der Waals surface area contributed by atoms with Crippen molar-refractivity contribution in [1.29, 1.82) is 0 Å². The average Bonchev–Trinajstić information content (AvgIpc) is 2.86.